The fourth-order valence-electron chi connectivity index (χ4n) is 5.00. The van der Waals surface area contributed by atoms with E-state index in [-0.39, 0.29) is 61.2 Å². The minimum Gasteiger partial charge on any atom is -0.206 e. The molecule has 0 N–H and O–H groups in total. The highest BCUT2D eigenvalue weighted by atomic mass is 19.1. The van der Waals surface area contributed by atoms with Crippen LogP contribution in [0.15, 0.2) is 54.1 Å². The van der Waals surface area contributed by atoms with Gasteiger partial charge < -0.3 is 0 Å². The van der Waals surface area contributed by atoms with Crippen molar-refractivity contribution in [1.82, 2.24) is 0 Å². The molecule has 0 amide bonds. The fourth-order valence-corrected chi connectivity index (χ4v) is 5.00. The summed E-state index contributed by atoms with van der Waals surface area (Å²) in [6.07, 6.45) is 0. The third-order valence-corrected chi connectivity index (χ3v) is 6.74. The Morgan fingerprint density at radius 3 is 1.07 bits per heavy atom. The highest BCUT2D eigenvalue weighted by Crippen LogP contribution is 2.50. The summed E-state index contributed by atoms with van der Waals surface area (Å²) in [5, 5.41) is 57.3. The van der Waals surface area contributed by atoms with Crippen LogP contribution >= 0.6 is 0 Å². The van der Waals surface area contributed by atoms with Crippen LogP contribution in [0.2, 0.25) is 0 Å². The van der Waals surface area contributed by atoms with E-state index in [1.165, 1.54) is 24.3 Å². The molecule has 4 aromatic carbocycles. The number of hydrogen-bond donors (Lipinski definition) is 0. The van der Waals surface area contributed by atoms with Crippen molar-refractivity contribution in [2.24, 2.45) is 0 Å². The Labute approximate surface area is 235 Å². The smallest absolute Gasteiger partial charge is 0.138 e. The highest BCUT2D eigenvalue weighted by Gasteiger charge is 2.32. The molecule has 42 heavy (non-hydrogen) atoms. The van der Waals surface area contributed by atoms with Gasteiger partial charge >= 0.3 is 0 Å². The van der Waals surface area contributed by atoms with Gasteiger partial charge in [-0.15, -0.1) is 0 Å². The summed E-state index contributed by atoms with van der Waals surface area (Å²) in [5.41, 5.74) is -2.55. The van der Waals surface area contributed by atoms with Gasteiger partial charge in [0.05, 0.1) is 57.7 Å². The molecular formula is C32H8F4N6. The molecule has 10 heteroatoms. The lowest BCUT2D eigenvalue weighted by Gasteiger charge is -2.13. The van der Waals surface area contributed by atoms with E-state index in [9.17, 15) is 21.0 Å². The molecule has 0 aliphatic heterocycles. The Kier molecular flexibility index (Phi) is 6.47. The lowest BCUT2D eigenvalue weighted by atomic mass is 9.91. The van der Waals surface area contributed by atoms with Crippen molar-refractivity contribution in [3.8, 4) is 69.8 Å². The molecule has 194 valence electrons. The maximum atomic E-state index is 15.1. The number of halogens is 4. The molecule has 0 aromatic heterocycles. The van der Waals surface area contributed by atoms with Gasteiger partial charge in [-0.1, -0.05) is 0 Å². The molecule has 0 spiro atoms. The summed E-state index contributed by atoms with van der Waals surface area (Å²) in [5.74, 6) is -4.52. The lowest BCUT2D eigenvalue weighted by Crippen LogP contribution is -1.97. The maximum Gasteiger partial charge on any atom is 0.138 e. The Morgan fingerprint density at radius 2 is 0.786 bits per heavy atom. The van der Waals surface area contributed by atoms with Gasteiger partial charge in [-0.05, 0) is 70.8 Å². The van der Waals surface area contributed by atoms with Crippen LogP contribution < -0.4 is 0 Å². The molecule has 0 bridgehead atoms. The number of rotatable bonds is 2. The largest absolute Gasteiger partial charge is 0.206 e. The second-order valence-corrected chi connectivity index (χ2v) is 8.94. The summed E-state index contributed by atoms with van der Waals surface area (Å²) in [7, 11) is 0. The number of nitriles is 6. The zero-order valence-electron chi connectivity index (χ0n) is 20.8. The molecule has 0 saturated heterocycles. The number of nitrogens with zero attached hydrogens (tertiary/aromatic N) is 6. The first kappa shape index (κ1) is 26.9. The van der Waals surface area contributed by atoms with Gasteiger partial charge in [0, 0.05) is 16.7 Å². The molecule has 1 aliphatic carbocycles. The molecule has 0 unspecified atom stereocenters. The van der Waals surface area contributed by atoms with Crippen LogP contribution in [0.5, 0.6) is 0 Å². The molecular weight excluding hydrogens is 544 g/mol. The topological polar surface area (TPSA) is 143 Å². The van der Waals surface area contributed by atoms with Gasteiger partial charge in [0.2, 0.25) is 0 Å². The average molecular weight is 552 g/mol. The number of fused-ring (bicyclic) bond motifs is 3. The van der Waals surface area contributed by atoms with Crippen LogP contribution in [0.25, 0.3) is 39.0 Å². The number of allylic oxidation sites excluding steroid dienone is 1. The van der Waals surface area contributed by atoms with Crippen molar-refractivity contribution in [2.45, 2.75) is 0 Å². The fraction of sp³-hybridized carbons (Fsp3) is 0. The van der Waals surface area contributed by atoms with Crippen LogP contribution in [0.1, 0.15) is 33.4 Å². The van der Waals surface area contributed by atoms with Gasteiger partial charge in [-0.25, -0.2) is 17.6 Å². The van der Waals surface area contributed by atoms with Gasteiger partial charge in [0.25, 0.3) is 0 Å². The first-order valence-corrected chi connectivity index (χ1v) is 11.7. The monoisotopic (exact) mass is 552 g/mol. The summed E-state index contributed by atoms with van der Waals surface area (Å²) >= 11 is 0. The van der Waals surface area contributed by atoms with E-state index in [2.05, 4.69) is 0 Å². The first-order valence-electron chi connectivity index (χ1n) is 11.7. The molecule has 4 aromatic rings. The molecule has 0 saturated carbocycles. The van der Waals surface area contributed by atoms with E-state index in [4.69, 9.17) is 10.5 Å². The van der Waals surface area contributed by atoms with Crippen molar-refractivity contribution in [2.75, 3.05) is 0 Å². The van der Waals surface area contributed by atoms with Crippen molar-refractivity contribution in [3.05, 3.63) is 111 Å². The van der Waals surface area contributed by atoms with E-state index in [1.54, 1.807) is 24.3 Å². The summed E-state index contributed by atoms with van der Waals surface area (Å²) in [6, 6.07) is 18.6. The predicted octanol–water partition coefficient (Wildman–Crippen LogP) is 6.89. The Bertz CT molecular complexity index is 2010. The summed E-state index contributed by atoms with van der Waals surface area (Å²) < 4.78 is 60.2. The third-order valence-electron chi connectivity index (χ3n) is 6.74. The summed E-state index contributed by atoms with van der Waals surface area (Å²) in [4.78, 5) is 0. The molecule has 0 atom stereocenters. The number of hydrogen-bond acceptors (Lipinski definition) is 6. The maximum absolute atomic E-state index is 15.1. The van der Waals surface area contributed by atoms with Crippen molar-refractivity contribution in [1.29, 1.82) is 31.6 Å². The molecule has 0 heterocycles. The second kappa shape index (κ2) is 10.1. The van der Waals surface area contributed by atoms with Gasteiger partial charge in [0.1, 0.15) is 41.0 Å². The highest BCUT2D eigenvalue weighted by molar-refractivity contribution is 6.07. The predicted molar refractivity (Wildman–Crippen MR) is 139 cm³/mol. The van der Waals surface area contributed by atoms with E-state index in [0.717, 1.165) is 24.3 Å². The van der Waals surface area contributed by atoms with Crippen molar-refractivity contribution in [3.63, 3.8) is 0 Å². The van der Waals surface area contributed by atoms with Crippen LogP contribution in [-0.2, 0) is 0 Å². The first-order chi connectivity index (χ1) is 20.2. The van der Waals surface area contributed by atoms with Crippen molar-refractivity contribution < 1.29 is 17.6 Å². The van der Waals surface area contributed by atoms with Crippen molar-refractivity contribution >= 4 is 5.57 Å². The standard InChI is InChI=1S/C32H8F4N6/c33-26-1-15(9-37)2-27(34)31(26)20-7-22-23-8-21(32-28(35)3-16(10-38)4-29(32)36)18(12-40)6-25(23)30(19(13-41)14-42)24(22)5-17(20)11-39/h1-8H. The minimum atomic E-state index is -1.13. The molecule has 6 nitrogen and oxygen atoms in total. The second-order valence-electron chi connectivity index (χ2n) is 8.94. The van der Waals surface area contributed by atoms with E-state index in [0.29, 0.717) is 0 Å². The van der Waals surface area contributed by atoms with Crippen LogP contribution in [0.4, 0.5) is 17.6 Å². The lowest BCUT2D eigenvalue weighted by molar-refractivity contribution is 0.588. The van der Waals surface area contributed by atoms with Crippen LogP contribution in [0.3, 0.4) is 0 Å². The SMILES string of the molecule is N#CC(C#N)=C1c2cc(C#N)c(-c3c(F)cc(C#N)cc3F)cc2-c2cc(-c3c(F)cc(C#N)cc3F)c(C#N)cc21. The Hall–Kier alpha value is -6.72. The molecule has 1 aliphatic rings. The van der Waals surface area contributed by atoms with Gasteiger partial charge in [-0.2, -0.15) is 31.6 Å². The third kappa shape index (κ3) is 3.99. The van der Waals surface area contributed by atoms with E-state index >= 15 is 17.6 Å². The Balaban J connectivity index is 1.92. The van der Waals surface area contributed by atoms with E-state index < -0.39 is 40.0 Å². The normalized spacial score (nSPS) is 10.7. The zero-order chi connectivity index (χ0) is 30.3. The summed E-state index contributed by atoms with van der Waals surface area (Å²) in [6.45, 7) is 0. The molecule has 0 radical (unpaired) electrons. The van der Waals surface area contributed by atoms with Gasteiger partial charge in [-0.3, -0.25) is 0 Å². The molecule has 5 rings (SSSR count). The Morgan fingerprint density at radius 1 is 0.429 bits per heavy atom. The van der Waals surface area contributed by atoms with E-state index in [1.807, 2.05) is 12.1 Å². The van der Waals surface area contributed by atoms with Crippen LogP contribution in [0, 0.1) is 91.3 Å². The molecule has 0 fully saturated rings. The van der Waals surface area contributed by atoms with Crippen LogP contribution in [-0.4, -0.2) is 0 Å². The quantitative estimate of drug-likeness (QED) is 0.172. The van der Waals surface area contributed by atoms with Gasteiger partial charge in [0.15, 0.2) is 0 Å². The number of benzene rings is 4. The average Bonchev–Trinajstić information content (AvgIpc) is 3.28. The zero-order valence-corrected chi connectivity index (χ0v) is 20.8. The minimum absolute atomic E-state index is 0.0117.